The maximum Gasteiger partial charge on any atom is 0.0599 e. The van der Waals surface area contributed by atoms with Crippen LogP contribution in [0.4, 0.5) is 0 Å². The first-order valence-electron chi connectivity index (χ1n) is 5.78. The number of nitrogens with zero attached hydrogens (tertiary/aromatic N) is 2. The van der Waals surface area contributed by atoms with Gasteiger partial charge in [-0.3, -0.25) is 9.88 Å². The lowest BCUT2D eigenvalue weighted by molar-refractivity contribution is 0.0555. The Kier molecular flexibility index (Phi) is 3.88. The summed E-state index contributed by atoms with van der Waals surface area (Å²) in [5.41, 5.74) is 1.06. The summed E-state index contributed by atoms with van der Waals surface area (Å²) in [4.78, 5) is 6.65. The summed E-state index contributed by atoms with van der Waals surface area (Å²) in [5, 5.41) is 12.7. The molecule has 0 aliphatic carbocycles. The van der Waals surface area contributed by atoms with Crippen molar-refractivity contribution >= 4 is 0 Å². The summed E-state index contributed by atoms with van der Waals surface area (Å²) < 4.78 is 0. The van der Waals surface area contributed by atoms with E-state index in [4.69, 9.17) is 0 Å². The van der Waals surface area contributed by atoms with Crippen LogP contribution >= 0.6 is 0 Å². The number of aliphatic hydroxyl groups is 1. The van der Waals surface area contributed by atoms with Gasteiger partial charge in [0.25, 0.3) is 0 Å². The second kappa shape index (κ2) is 5.39. The molecular formula is C12H19N3O. The van der Waals surface area contributed by atoms with Gasteiger partial charge in [-0.25, -0.2) is 0 Å². The van der Waals surface area contributed by atoms with Crippen LogP contribution in [0, 0.1) is 0 Å². The molecule has 2 unspecified atom stereocenters. The fourth-order valence-corrected chi connectivity index (χ4v) is 2.19. The van der Waals surface area contributed by atoms with E-state index in [1.807, 2.05) is 24.4 Å². The molecule has 0 bridgehead atoms. The Morgan fingerprint density at radius 2 is 2.38 bits per heavy atom. The molecule has 0 amide bonds. The average molecular weight is 221 g/mol. The molecule has 1 saturated heterocycles. The molecule has 1 aromatic rings. The highest BCUT2D eigenvalue weighted by Crippen LogP contribution is 2.13. The second-order valence-electron chi connectivity index (χ2n) is 4.34. The van der Waals surface area contributed by atoms with E-state index in [0.29, 0.717) is 6.04 Å². The minimum Gasteiger partial charge on any atom is -0.395 e. The lowest BCUT2D eigenvalue weighted by Gasteiger charge is -2.40. The van der Waals surface area contributed by atoms with Gasteiger partial charge in [0.05, 0.1) is 12.3 Å². The zero-order valence-electron chi connectivity index (χ0n) is 9.63. The van der Waals surface area contributed by atoms with Crippen molar-refractivity contribution < 1.29 is 5.11 Å². The minimum absolute atomic E-state index is 0.199. The van der Waals surface area contributed by atoms with Crippen molar-refractivity contribution in [2.24, 2.45) is 0 Å². The van der Waals surface area contributed by atoms with E-state index < -0.39 is 0 Å². The molecule has 4 heteroatoms. The third kappa shape index (κ3) is 2.58. The number of pyridine rings is 1. The van der Waals surface area contributed by atoms with Crippen LogP contribution in [0.2, 0.25) is 0 Å². The van der Waals surface area contributed by atoms with Crippen LogP contribution in [-0.4, -0.2) is 46.8 Å². The van der Waals surface area contributed by atoms with Crippen molar-refractivity contribution in [1.29, 1.82) is 0 Å². The fraction of sp³-hybridized carbons (Fsp3) is 0.583. The number of hydrogen-bond acceptors (Lipinski definition) is 4. The van der Waals surface area contributed by atoms with Crippen molar-refractivity contribution in [1.82, 2.24) is 15.2 Å². The van der Waals surface area contributed by atoms with Crippen molar-refractivity contribution in [3.63, 3.8) is 0 Å². The highest BCUT2D eigenvalue weighted by molar-refractivity contribution is 5.04. The molecule has 2 heterocycles. The number of hydrogen-bond donors (Lipinski definition) is 2. The Balaban J connectivity index is 2.05. The van der Waals surface area contributed by atoms with Gasteiger partial charge < -0.3 is 10.4 Å². The summed E-state index contributed by atoms with van der Waals surface area (Å²) in [6, 6.07) is 6.60. The van der Waals surface area contributed by atoms with Gasteiger partial charge in [-0.2, -0.15) is 0 Å². The first kappa shape index (κ1) is 11.5. The summed E-state index contributed by atoms with van der Waals surface area (Å²) >= 11 is 0. The molecule has 2 rings (SSSR count). The molecule has 2 N–H and O–H groups in total. The van der Waals surface area contributed by atoms with Crippen molar-refractivity contribution in [2.75, 3.05) is 19.7 Å². The SMILES string of the molecule is CC1CNCC(CO)N1Cc1ccccn1. The third-order valence-corrected chi connectivity index (χ3v) is 3.14. The Morgan fingerprint density at radius 3 is 3.06 bits per heavy atom. The molecule has 1 fully saturated rings. The Morgan fingerprint density at radius 1 is 1.50 bits per heavy atom. The maximum absolute atomic E-state index is 9.36. The quantitative estimate of drug-likeness (QED) is 0.767. The molecular weight excluding hydrogens is 202 g/mol. The molecule has 16 heavy (non-hydrogen) atoms. The van der Waals surface area contributed by atoms with E-state index in [0.717, 1.165) is 25.3 Å². The molecule has 0 radical (unpaired) electrons. The van der Waals surface area contributed by atoms with E-state index in [2.05, 4.69) is 22.1 Å². The molecule has 0 saturated carbocycles. The van der Waals surface area contributed by atoms with Crippen LogP contribution in [0.1, 0.15) is 12.6 Å². The predicted octanol–water partition coefficient (Wildman–Crippen LogP) is 0.236. The molecule has 1 aliphatic rings. The smallest absolute Gasteiger partial charge is 0.0599 e. The number of nitrogens with one attached hydrogen (secondary N) is 1. The van der Waals surface area contributed by atoms with Crippen LogP contribution in [0.3, 0.4) is 0 Å². The van der Waals surface area contributed by atoms with E-state index in [1.54, 1.807) is 0 Å². The highest BCUT2D eigenvalue weighted by atomic mass is 16.3. The molecule has 0 spiro atoms. The van der Waals surface area contributed by atoms with Crippen molar-refractivity contribution in [3.8, 4) is 0 Å². The van der Waals surface area contributed by atoms with Crippen molar-refractivity contribution in [3.05, 3.63) is 30.1 Å². The molecule has 0 aromatic carbocycles. The summed E-state index contributed by atoms with van der Waals surface area (Å²) in [5.74, 6) is 0. The van der Waals surface area contributed by atoms with Crippen LogP contribution < -0.4 is 5.32 Å². The van der Waals surface area contributed by atoms with Gasteiger partial charge >= 0.3 is 0 Å². The van der Waals surface area contributed by atoms with Gasteiger partial charge in [-0.05, 0) is 19.1 Å². The van der Waals surface area contributed by atoms with Crippen molar-refractivity contribution in [2.45, 2.75) is 25.6 Å². The Hall–Kier alpha value is -0.970. The molecule has 1 aromatic heterocycles. The topological polar surface area (TPSA) is 48.4 Å². The summed E-state index contributed by atoms with van der Waals surface area (Å²) in [6.45, 7) is 5.02. The van der Waals surface area contributed by atoms with Crippen LogP contribution in [-0.2, 0) is 6.54 Å². The van der Waals surface area contributed by atoms with E-state index in [9.17, 15) is 5.11 Å². The number of aliphatic hydroxyl groups excluding tert-OH is 1. The predicted molar refractivity (Wildman–Crippen MR) is 63.0 cm³/mol. The average Bonchev–Trinajstić information content (AvgIpc) is 2.33. The first-order chi connectivity index (χ1) is 7.81. The van der Waals surface area contributed by atoms with E-state index in [1.165, 1.54) is 0 Å². The largest absolute Gasteiger partial charge is 0.395 e. The Labute approximate surface area is 96.3 Å². The van der Waals surface area contributed by atoms with Crippen LogP contribution in [0.15, 0.2) is 24.4 Å². The van der Waals surface area contributed by atoms with Crippen LogP contribution in [0.25, 0.3) is 0 Å². The van der Waals surface area contributed by atoms with Gasteiger partial charge in [-0.15, -0.1) is 0 Å². The van der Waals surface area contributed by atoms with E-state index in [-0.39, 0.29) is 12.6 Å². The second-order valence-corrected chi connectivity index (χ2v) is 4.34. The zero-order valence-corrected chi connectivity index (χ0v) is 9.63. The normalized spacial score (nSPS) is 26.9. The minimum atomic E-state index is 0.199. The monoisotopic (exact) mass is 221 g/mol. The highest BCUT2D eigenvalue weighted by Gasteiger charge is 2.27. The van der Waals surface area contributed by atoms with Gasteiger partial charge in [0.1, 0.15) is 0 Å². The maximum atomic E-state index is 9.36. The van der Waals surface area contributed by atoms with Crippen LogP contribution in [0.5, 0.6) is 0 Å². The summed E-state index contributed by atoms with van der Waals surface area (Å²) in [6.07, 6.45) is 1.82. The molecule has 1 aliphatic heterocycles. The van der Waals surface area contributed by atoms with Gasteiger partial charge in [0, 0.05) is 37.9 Å². The van der Waals surface area contributed by atoms with Gasteiger partial charge in [0.15, 0.2) is 0 Å². The number of piperazine rings is 1. The first-order valence-corrected chi connectivity index (χ1v) is 5.78. The molecule has 2 atom stereocenters. The zero-order chi connectivity index (χ0) is 11.4. The lowest BCUT2D eigenvalue weighted by atomic mass is 10.1. The summed E-state index contributed by atoms with van der Waals surface area (Å²) in [7, 11) is 0. The van der Waals surface area contributed by atoms with Gasteiger partial charge in [0.2, 0.25) is 0 Å². The third-order valence-electron chi connectivity index (χ3n) is 3.14. The number of aromatic nitrogens is 1. The Bertz CT molecular complexity index is 317. The fourth-order valence-electron chi connectivity index (χ4n) is 2.19. The molecule has 4 nitrogen and oxygen atoms in total. The number of rotatable bonds is 3. The van der Waals surface area contributed by atoms with E-state index >= 15 is 0 Å². The van der Waals surface area contributed by atoms with Gasteiger partial charge in [-0.1, -0.05) is 6.07 Å². The standard InChI is InChI=1S/C12H19N3O/c1-10-6-13-7-12(9-16)15(10)8-11-4-2-3-5-14-11/h2-5,10,12-13,16H,6-9H2,1H3. The lowest BCUT2D eigenvalue weighted by Crippen LogP contribution is -2.57. The molecule has 88 valence electrons.